The first-order chi connectivity index (χ1) is 12.0. The van der Waals surface area contributed by atoms with E-state index in [9.17, 15) is 9.59 Å². The Balaban J connectivity index is 1.83. The van der Waals surface area contributed by atoms with Crippen LogP contribution >= 0.6 is 0 Å². The summed E-state index contributed by atoms with van der Waals surface area (Å²) in [7, 11) is 0. The second-order valence-corrected chi connectivity index (χ2v) is 6.79. The molecule has 25 heavy (non-hydrogen) atoms. The number of ketones is 1. The topological polar surface area (TPSA) is 72.0 Å². The molecule has 5 nitrogen and oxygen atoms in total. The van der Waals surface area contributed by atoms with Crippen LogP contribution in [-0.2, 0) is 11.2 Å². The quantitative estimate of drug-likeness (QED) is 0.924. The van der Waals surface area contributed by atoms with E-state index in [4.69, 9.17) is 0 Å². The van der Waals surface area contributed by atoms with Gasteiger partial charge < -0.3 is 0 Å². The second kappa shape index (κ2) is 7.13. The molecule has 1 N–H and O–H groups in total. The zero-order valence-corrected chi connectivity index (χ0v) is 14.9. The molecule has 2 atom stereocenters. The Morgan fingerprint density at radius 1 is 1.28 bits per heavy atom. The van der Waals surface area contributed by atoms with Gasteiger partial charge in [0.25, 0.3) is 0 Å². The lowest BCUT2D eigenvalue weighted by Crippen LogP contribution is -2.24. The summed E-state index contributed by atoms with van der Waals surface area (Å²) in [4.78, 5) is 33.1. The molecular weight excluding hydrogens is 314 g/mol. The van der Waals surface area contributed by atoms with Crippen LogP contribution in [0, 0.1) is 12.8 Å². The van der Waals surface area contributed by atoms with Gasteiger partial charge in [-0.15, -0.1) is 0 Å². The second-order valence-electron chi connectivity index (χ2n) is 6.79. The third kappa shape index (κ3) is 3.76. The lowest BCUT2D eigenvalue weighted by atomic mass is 9.82. The summed E-state index contributed by atoms with van der Waals surface area (Å²) in [5, 5.41) is 2.75. The van der Waals surface area contributed by atoms with Crippen molar-refractivity contribution in [3.8, 4) is 0 Å². The van der Waals surface area contributed by atoms with Gasteiger partial charge in [-0.1, -0.05) is 43.7 Å². The van der Waals surface area contributed by atoms with Crippen LogP contribution in [-0.4, -0.2) is 21.7 Å². The molecule has 0 saturated carbocycles. The van der Waals surface area contributed by atoms with Crippen molar-refractivity contribution >= 4 is 17.6 Å². The number of carbonyl (C=O) groups excluding carboxylic acids is 2. The summed E-state index contributed by atoms with van der Waals surface area (Å²) in [5.41, 5.74) is 3.64. The third-order valence-electron chi connectivity index (χ3n) is 4.88. The molecule has 1 aromatic carbocycles. The molecular formula is C20H23N3O2. The Morgan fingerprint density at radius 2 is 2.00 bits per heavy atom. The number of aromatic nitrogens is 2. The van der Waals surface area contributed by atoms with E-state index in [1.165, 1.54) is 5.56 Å². The first kappa shape index (κ1) is 17.3. The lowest BCUT2D eigenvalue weighted by molar-refractivity contribution is -0.119. The molecule has 0 radical (unpaired) electrons. The normalized spacial score (nSPS) is 17.7. The van der Waals surface area contributed by atoms with Gasteiger partial charge in [-0.3, -0.25) is 14.9 Å². The summed E-state index contributed by atoms with van der Waals surface area (Å²) >= 11 is 0. The number of carbonyl (C=O) groups is 2. The molecule has 1 heterocycles. The first-order valence-corrected chi connectivity index (χ1v) is 8.74. The van der Waals surface area contributed by atoms with Gasteiger partial charge in [-0.05, 0) is 31.2 Å². The highest BCUT2D eigenvalue weighted by molar-refractivity contribution is 5.99. The van der Waals surface area contributed by atoms with Crippen molar-refractivity contribution in [3.05, 3.63) is 52.8 Å². The number of nitrogens with zero attached hydrogens (tertiary/aromatic N) is 2. The third-order valence-corrected chi connectivity index (χ3v) is 4.88. The van der Waals surface area contributed by atoms with E-state index in [0.717, 1.165) is 17.7 Å². The van der Waals surface area contributed by atoms with E-state index in [1.807, 2.05) is 20.8 Å². The fourth-order valence-corrected chi connectivity index (χ4v) is 3.00. The molecule has 1 aromatic heterocycles. The van der Waals surface area contributed by atoms with Gasteiger partial charge in [0.05, 0.1) is 11.3 Å². The Hall–Kier alpha value is -2.56. The highest BCUT2D eigenvalue weighted by atomic mass is 16.2. The van der Waals surface area contributed by atoms with E-state index in [1.54, 1.807) is 6.20 Å². The van der Waals surface area contributed by atoms with Crippen LogP contribution in [0.2, 0.25) is 0 Å². The maximum absolute atomic E-state index is 12.5. The number of benzene rings is 1. The van der Waals surface area contributed by atoms with Crippen molar-refractivity contribution in [2.24, 2.45) is 5.92 Å². The van der Waals surface area contributed by atoms with Crippen LogP contribution in [0.15, 0.2) is 30.5 Å². The molecule has 1 aliphatic carbocycles. The number of hydrogen-bond acceptors (Lipinski definition) is 4. The van der Waals surface area contributed by atoms with Gasteiger partial charge in [0.1, 0.15) is 0 Å². The highest BCUT2D eigenvalue weighted by Gasteiger charge is 2.28. The van der Waals surface area contributed by atoms with Crippen molar-refractivity contribution in [3.63, 3.8) is 0 Å². The zero-order valence-electron chi connectivity index (χ0n) is 14.9. The molecule has 0 aliphatic heterocycles. The van der Waals surface area contributed by atoms with Crippen LogP contribution < -0.4 is 5.32 Å². The van der Waals surface area contributed by atoms with Crippen molar-refractivity contribution in [1.82, 2.24) is 9.97 Å². The van der Waals surface area contributed by atoms with Crippen LogP contribution in [0.1, 0.15) is 59.8 Å². The standard InChI is InChI=1S/C20H23N3O2/c1-4-13(3)19(25)23-20-21-11-16-17(22-20)9-15(10-18(16)24)14-7-5-12(2)6-8-14/h5-8,11,13,15H,4,9-10H2,1-3H3,(H,21,22,23,25). The molecule has 2 aromatic rings. The minimum absolute atomic E-state index is 0.0617. The van der Waals surface area contributed by atoms with Crippen LogP contribution in [0.3, 0.4) is 0 Å². The first-order valence-electron chi connectivity index (χ1n) is 8.74. The number of hydrogen-bond donors (Lipinski definition) is 1. The maximum Gasteiger partial charge on any atom is 0.229 e. The van der Waals surface area contributed by atoms with E-state index in [-0.39, 0.29) is 29.5 Å². The van der Waals surface area contributed by atoms with Gasteiger partial charge in [0.2, 0.25) is 11.9 Å². The zero-order chi connectivity index (χ0) is 18.0. The Kier molecular flexibility index (Phi) is 4.93. The smallest absolute Gasteiger partial charge is 0.229 e. The maximum atomic E-state index is 12.5. The largest absolute Gasteiger partial charge is 0.294 e. The van der Waals surface area contributed by atoms with Gasteiger partial charge >= 0.3 is 0 Å². The van der Waals surface area contributed by atoms with Crippen LogP contribution in [0.4, 0.5) is 5.95 Å². The Labute approximate surface area is 147 Å². The SMILES string of the molecule is CCC(C)C(=O)Nc1ncc2c(n1)CC(c1ccc(C)cc1)CC2=O. The van der Waals surface area contributed by atoms with Crippen molar-refractivity contribution in [1.29, 1.82) is 0 Å². The fourth-order valence-electron chi connectivity index (χ4n) is 3.00. The van der Waals surface area contributed by atoms with Crippen LogP contribution in [0.5, 0.6) is 0 Å². The molecule has 0 spiro atoms. The molecule has 3 rings (SSSR count). The molecule has 1 aliphatic rings. The van der Waals surface area contributed by atoms with Crippen molar-refractivity contribution in [2.45, 2.75) is 46.0 Å². The monoisotopic (exact) mass is 337 g/mol. The summed E-state index contributed by atoms with van der Waals surface area (Å²) in [6, 6.07) is 8.27. The van der Waals surface area contributed by atoms with Gasteiger partial charge in [-0.25, -0.2) is 9.97 Å². The number of aryl methyl sites for hydroxylation is 1. The molecule has 0 fully saturated rings. The summed E-state index contributed by atoms with van der Waals surface area (Å²) in [6.45, 7) is 5.87. The summed E-state index contributed by atoms with van der Waals surface area (Å²) in [5.74, 6) is 0.267. The molecule has 2 unspecified atom stereocenters. The number of fused-ring (bicyclic) bond motifs is 1. The van der Waals surface area contributed by atoms with E-state index in [2.05, 4.69) is 39.6 Å². The Morgan fingerprint density at radius 3 is 2.68 bits per heavy atom. The number of nitrogens with one attached hydrogen (secondary N) is 1. The Bertz CT molecular complexity index is 799. The average Bonchev–Trinajstić information content (AvgIpc) is 2.61. The average molecular weight is 337 g/mol. The number of rotatable bonds is 4. The van der Waals surface area contributed by atoms with E-state index in [0.29, 0.717) is 18.4 Å². The van der Waals surface area contributed by atoms with Gasteiger partial charge in [0.15, 0.2) is 5.78 Å². The molecule has 1 amide bonds. The fraction of sp³-hybridized carbons (Fsp3) is 0.400. The van der Waals surface area contributed by atoms with Crippen LogP contribution in [0.25, 0.3) is 0 Å². The summed E-state index contributed by atoms with van der Waals surface area (Å²) in [6.07, 6.45) is 3.45. The lowest BCUT2D eigenvalue weighted by Gasteiger charge is -2.23. The minimum atomic E-state index is -0.0975. The molecule has 5 heteroatoms. The number of amides is 1. The van der Waals surface area contributed by atoms with Crippen molar-refractivity contribution in [2.75, 3.05) is 5.32 Å². The summed E-state index contributed by atoms with van der Waals surface area (Å²) < 4.78 is 0. The molecule has 130 valence electrons. The van der Waals surface area contributed by atoms with Crippen molar-refractivity contribution < 1.29 is 9.59 Å². The van der Waals surface area contributed by atoms with E-state index >= 15 is 0 Å². The predicted molar refractivity (Wildman–Crippen MR) is 96.7 cm³/mol. The number of Topliss-reactive ketones (excluding diaryl/α,β-unsaturated/α-hetero) is 1. The molecule has 0 bridgehead atoms. The molecule has 0 saturated heterocycles. The van der Waals surface area contributed by atoms with Gasteiger partial charge in [0, 0.05) is 18.5 Å². The van der Waals surface area contributed by atoms with E-state index < -0.39 is 0 Å². The predicted octanol–water partition coefficient (Wildman–Crippen LogP) is 3.68. The number of anilines is 1. The van der Waals surface area contributed by atoms with Gasteiger partial charge in [-0.2, -0.15) is 0 Å². The highest BCUT2D eigenvalue weighted by Crippen LogP contribution is 2.32. The minimum Gasteiger partial charge on any atom is -0.294 e.